The molecule has 0 aliphatic heterocycles. The lowest BCUT2D eigenvalue weighted by Crippen LogP contribution is -2.18. The summed E-state index contributed by atoms with van der Waals surface area (Å²) in [5.41, 5.74) is 2.80. The predicted molar refractivity (Wildman–Crippen MR) is 74.6 cm³/mol. The van der Waals surface area contributed by atoms with Gasteiger partial charge in [0, 0.05) is 25.2 Å². The topological polar surface area (TPSA) is 29.9 Å². The summed E-state index contributed by atoms with van der Waals surface area (Å²) in [6, 6.07) is 6.64. The molecule has 0 saturated carbocycles. The van der Waals surface area contributed by atoms with E-state index in [-0.39, 0.29) is 11.9 Å². The summed E-state index contributed by atoms with van der Waals surface area (Å²) in [5, 5.41) is 8.23. The fraction of sp³-hybridized carbons (Fsp3) is 0.357. The number of rotatable bonds is 4. The molecule has 0 bridgehead atoms. The Morgan fingerprint density at radius 1 is 1.47 bits per heavy atom. The molecule has 0 aliphatic carbocycles. The smallest absolute Gasteiger partial charge is 0.131 e. The minimum atomic E-state index is -0.221. The molecule has 1 N–H and O–H groups in total. The van der Waals surface area contributed by atoms with Crippen molar-refractivity contribution in [3.05, 3.63) is 52.1 Å². The van der Waals surface area contributed by atoms with Crippen molar-refractivity contribution < 1.29 is 4.39 Å². The molecule has 0 aliphatic rings. The number of nitrogens with zero attached hydrogens (tertiary/aromatic N) is 2. The quantitative estimate of drug-likeness (QED) is 0.931. The van der Waals surface area contributed by atoms with E-state index in [9.17, 15) is 4.39 Å². The minimum Gasteiger partial charge on any atom is -0.306 e. The van der Waals surface area contributed by atoms with Crippen LogP contribution in [0.1, 0.15) is 29.8 Å². The Balaban J connectivity index is 2.06. The van der Waals surface area contributed by atoms with Crippen molar-refractivity contribution in [2.75, 3.05) is 0 Å². The van der Waals surface area contributed by atoms with Crippen LogP contribution in [-0.2, 0) is 13.6 Å². The van der Waals surface area contributed by atoms with E-state index in [4.69, 9.17) is 11.6 Å². The minimum absolute atomic E-state index is 0.0476. The highest BCUT2D eigenvalue weighted by molar-refractivity contribution is 6.30. The van der Waals surface area contributed by atoms with Crippen LogP contribution in [-0.4, -0.2) is 9.78 Å². The zero-order valence-electron chi connectivity index (χ0n) is 11.2. The average Bonchev–Trinajstić information content (AvgIpc) is 2.61. The van der Waals surface area contributed by atoms with Crippen molar-refractivity contribution >= 4 is 11.6 Å². The first-order valence-electron chi connectivity index (χ1n) is 6.16. The second-order valence-electron chi connectivity index (χ2n) is 4.64. The van der Waals surface area contributed by atoms with Gasteiger partial charge in [-0.2, -0.15) is 5.10 Å². The third-order valence-electron chi connectivity index (χ3n) is 3.20. The Kier molecular flexibility index (Phi) is 4.22. The summed E-state index contributed by atoms with van der Waals surface area (Å²) in [4.78, 5) is 0. The van der Waals surface area contributed by atoms with E-state index in [2.05, 4.69) is 10.4 Å². The third kappa shape index (κ3) is 3.14. The summed E-state index contributed by atoms with van der Waals surface area (Å²) in [5.74, 6) is -0.221. The molecule has 1 unspecified atom stereocenters. The van der Waals surface area contributed by atoms with Crippen LogP contribution in [0.3, 0.4) is 0 Å². The van der Waals surface area contributed by atoms with E-state index in [1.807, 2.05) is 27.0 Å². The van der Waals surface area contributed by atoms with E-state index in [0.717, 1.165) is 16.8 Å². The summed E-state index contributed by atoms with van der Waals surface area (Å²) >= 11 is 6.17. The van der Waals surface area contributed by atoms with Gasteiger partial charge in [-0.05, 0) is 31.5 Å². The van der Waals surface area contributed by atoms with Crippen molar-refractivity contribution in [2.45, 2.75) is 26.4 Å². The van der Waals surface area contributed by atoms with E-state index in [1.54, 1.807) is 10.7 Å². The van der Waals surface area contributed by atoms with Crippen LogP contribution in [0.15, 0.2) is 24.3 Å². The molecule has 1 aromatic carbocycles. The molecule has 19 heavy (non-hydrogen) atoms. The summed E-state index contributed by atoms with van der Waals surface area (Å²) < 4.78 is 14.8. The molecule has 2 aromatic rings. The van der Waals surface area contributed by atoms with Crippen molar-refractivity contribution in [1.29, 1.82) is 0 Å². The summed E-state index contributed by atoms with van der Waals surface area (Å²) in [7, 11) is 1.81. The van der Waals surface area contributed by atoms with Gasteiger partial charge in [-0.3, -0.25) is 4.68 Å². The predicted octanol–water partition coefficient (Wildman–Crippen LogP) is 3.37. The van der Waals surface area contributed by atoms with Gasteiger partial charge in [-0.25, -0.2) is 4.39 Å². The Morgan fingerprint density at radius 2 is 2.21 bits per heavy atom. The lowest BCUT2D eigenvalue weighted by atomic mass is 10.1. The van der Waals surface area contributed by atoms with E-state index in [0.29, 0.717) is 11.7 Å². The van der Waals surface area contributed by atoms with Crippen LogP contribution in [0.4, 0.5) is 4.39 Å². The maximum atomic E-state index is 13.2. The van der Waals surface area contributed by atoms with Gasteiger partial charge in [-0.1, -0.05) is 23.7 Å². The standard InChI is InChI=1S/C14H17ClFN3/c1-9(11-5-4-6-12(16)7-11)17-8-13-10(2)18-19(3)14(13)15/h4-7,9,17H,8H2,1-3H3. The van der Waals surface area contributed by atoms with E-state index in [1.165, 1.54) is 12.1 Å². The maximum absolute atomic E-state index is 13.2. The summed E-state index contributed by atoms with van der Waals surface area (Å²) in [6.07, 6.45) is 0. The molecule has 0 spiro atoms. The first-order chi connectivity index (χ1) is 8.99. The van der Waals surface area contributed by atoms with Gasteiger partial charge < -0.3 is 5.32 Å². The first kappa shape index (κ1) is 14.0. The Labute approximate surface area is 117 Å². The zero-order chi connectivity index (χ0) is 14.0. The van der Waals surface area contributed by atoms with Crippen molar-refractivity contribution in [3.63, 3.8) is 0 Å². The van der Waals surface area contributed by atoms with Gasteiger partial charge in [0.15, 0.2) is 0 Å². The van der Waals surface area contributed by atoms with E-state index >= 15 is 0 Å². The number of nitrogens with one attached hydrogen (secondary N) is 1. The molecule has 0 fully saturated rings. The van der Waals surface area contributed by atoms with Gasteiger partial charge in [0.2, 0.25) is 0 Å². The first-order valence-corrected chi connectivity index (χ1v) is 6.53. The number of benzene rings is 1. The molecular formula is C14H17ClFN3. The number of aryl methyl sites for hydroxylation is 2. The molecular weight excluding hydrogens is 265 g/mol. The highest BCUT2D eigenvalue weighted by Gasteiger charge is 2.12. The largest absolute Gasteiger partial charge is 0.306 e. The van der Waals surface area contributed by atoms with Crippen LogP contribution in [0, 0.1) is 12.7 Å². The van der Waals surface area contributed by atoms with Crippen LogP contribution in [0.25, 0.3) is 0 Å². The number of aromatic nitrogens is 2. The number of hydrogen-bond acceptors (Lipinski definition) is 2. The molecule has 1 heterocycles. The van der Waals surface area contributed by atoms with Crippen molar-refractivity contribution in [1.82, 2.24) is 15.1 Å². The third-order valence-corrected chi connectivity index (χ3v) is 3.68. The molecule has 0 saturated heterocycles. The molecule has 0 radical (unpaired) electrons. The fourth-order valence-electron chi connectivity index (χ4n) is 2.02. The Bertz CT molecular complexity index is 580. The molecule has 2 rings (SSSR count). The van der Waals surface area contributed by atoms with Crippen molar-refractivity contribution in [3.8, 4) is 0 Å². The second kappa shape index (κ2) is 5.72. The maximum Gasteiger partial charge on any atom is 0.131 e. The lowest BCUT2D eigenvalue weighted by molar-refractivity contribution is 0.564. The lowest BCUT2D eigenvalue weighted by Gasteiger charge is -2.14. The molecule has 1 atom stereocenters. The molecule has 5 heteroatoms. The van der Waals surface area contributed by atoms with Gasteiger partial charge in [0.05, 0.1) is 5.69 Å². The average molecular weight is 282 g/mol. The molecule has 0 amide bonds. The molecule has 1 aromatic heterocycles. The second-order valence-corrected chi connectivity index (χ2v) is 4.99. The van der Waals surface area contributed by atoms with Gasteiger partial charge in [-0.15, -0.1) is 0 Å². The van der Waals surface area contributed by atoms with Gasteiger partial charge >= 0.3 is 0 Å². The van der Waals surface area contributed by atoms with Crippen LogP contribution in [0.2, 0.25) is 5.15 Å². The molecule has 102 valence electrons. The van der Waals surface area contributed by atoms with E-state index < -0.39 is 0 Å². The highest BCUT2D eigenvalue weighted by Crippen LogP contribution is 2.20. The normalized spacial score (nSPS) is 12.7. The summed E-state index contributed by atoms with van der Waals surface area (Å²) in [6.45, 7) is 4.53. The molecule has 3 nitrogen and oxygen atoms in total. The Hall–Kier alpha value is -1.39. The van der Waals surface area contributed by atoms with Crippen LogP contribution < -0.4 is 5.32 Å². The SMILES string of the molecule is Cc1nn(C)c(Cl)c1CNC(C)c1cccc(F)c1. The highest BCUT2D eigenvalue weighted by atomic mass is 35.5. The number of hydrogen-bond donors (Lipinski definition) is 1. The van der Waals surface area contributed by atoms with Crippen LogP contribution in [0.5, 0.6) is 0 Å². The Morgan fingerprint density at radius 3 is 2.79 bits per heavy atom. The van der Waals surface area contributed by atoms with Crippen molar-refractivity contribution in [2.24, 2.45) is 7.05 Å². The fourth-order valence-corrected chi connectivity index (χ4v) is 2.26. The number of halogens is 2. The van der Waals surface area contributed by atoms with Gasteiger partial charge in [0.1, 0.15) is 11.0 Å². The zero-order valence-corrected chi connectivity index (χ0v) is 12.0. The monoisotopic (exact) mass is 281 g/mol. The van der Waals surface area contributed by atoms with Crippen LogP contribution >= 0.6 is 11.6 Å². The van der Waals surface area contributed by atoms with Gasteiger partial charge in [0.25, 0.3) is 0 Å².